The minimum atomic E-state index is -1.42. The second kappa shape index (κ2) is 12.9. The summed E-state index contributed by atoms with van der Waals surface area (Å²) in [5.74, 6) is -4.25. The molecule has 244 valence electrons. The molecule has 3 aliphatic rings. The third-order valence-corrected chi connectivity index (χ3v) is 9.92. The third-order valence-electron chi connectivity index (χ3n) is 9.92. The van der Waals surface area contributed by atoms with Gasteiger partial charge in [0.05, 0.1) is 17.6 Å². The van der Waals surface area contributed by atoms with Crippen LogP contribution < -0.4 is 0 Å². The summed E-state index contributed by atoms with van der Waals surface area (Å²) >= 11 is 0. The van der Waals surface area contributed by atoms with Crippen molar-refractivity contribution < 1.29 is 48.3 Å². The lowest BCUT2D eigenvalue weighted by molar-refractivity contribution is -0.225. The molecule has 45 heavy (non-hydrogen) atoms. The molecule has 3 aliphatic carbocycles. The molecule has 10 heteroatoms. The number of fused-ring (bicyclic) bond motifs is 3. The van der Waals surface area contributed by atoms with Gasteiger partial charge in [-0.2, -0.15) is 0 Å². The van der Waals surface area contributed by atoms with Crippen molar-refractivity contribution in [2.75, 3.05) is 0 Å². The van der Waals surface area contributed by atoms with Crippen LogP contribution in [0.3, 0.4) is 0 Å². The Hall–Kier alpha value is -3.76. The molecule has 0 saturated heterocycles. The summed E-state index contributed by atoms with van der Waals surface area (Å²) in [6.45, 7) is 15.2. The van der Waals surface area contributed by atoms with E-state index >= 15 is 0 Å². The molecule has 4 rings (SSSR count). The molecule has 0 aliphatic heterocycles. The zero-order valence-corrected chi connectivity index (χ0v) is 26.9. The van der Waals surface area contributed by atoms with Gasteiger partial charge in [0.15, 0.2) is 12.2 Å². The molecular formula is C35H44O10. The third kappa shape index (κ3) is 6.49. The predicted molar refractivity (Wildman–Crippen MR) is 164 cm³/mol. The Kier molecular flexibility index (Phi) is 9.80. The Balaban J connectivity index is 1.90. The summed E-state index contributed by atoms with van der Waals surface area (Å²) in [6, 6.07) is 9.19. The van der Waals surface area contributed by atoms with E-state index in [-0.39, 0.29) is 12.8 Å². The Bertz CT molecular complexity index is 1410. The monoisotopic (exact) mass is 624 g/mol. The van der Waals surface area contributed by atoms with Crippen molar-refractivity contribution in [3.05, 3.63) is 65.3 Å². The van der Waals surface area contributed by atoms with Gasteiger partial charge in [-0.25, -0.2) is 4.79 Å². The quantitative estimate of drug-likeness (QED) is 0.205. The van der Waals surface area contributed by atoms with Crippen molar-refractivity contribution in [2.45, 2.75) is 97.9 Å². The molecule has 0 spiro atoms. The standard InChI is InChI=1S/C35H44O10/c1-18-25(39)16-24-31(41)29-19(2)26(45-28(40)15-14-23-12-10-9-11-13-23)17-27(42-20(3)36)35(29,8)33(44-22(5)38)32(43-21(4)37)30(18)34(24,6)7/h9-15,24-27,29,31-33,39,41H,2,16-17H2,1,3-8H3/b15-14+/t24-,25-,26-,27-,29-,31+,32+,33-,35+/m0/s1. The molecule has 1 aromatic rings. The fourth-order valence-corrected chi connectivity index (χ4v) is 7.89. The summed E-state index contributed by atoms with van der Waals surface area (Å²) in [5, 5.41) is 23.5. The highest BCUT2D eigenvalue weighted by molar-refractivity contribution is 5.87. The summed E-state index contributed by atoms with van der Waals surface area (Å²) in [7, 11) is 0. The van der Waals surface area contributed by atoms with Gasteiger partial charge in [0.2, 0.25) is 0 Å². The smallest absolute Gasteiger partial charge is 0.331 e. The maximum atomic E-state index is 13.1. The van der Waals surface area contributed by atoms with Crippen LogP contribution in [-0.2, 0) is 38.1 Å². The molecule has 0 heterocycles. The average Bonchev–Trinajstić information content (AvgIpc) is 2.94. The van der Waals surface area contributed by atoms with Crippen molar-refractivity contribution >= 4 is 30.0 Å². The number of aliphatic hydroxyl groups excluding tert-OH is 2. The lowest BCUT2D eigenvalue weighted by Crippen LogP contribution is -2.68. The van der Waals surface area contributed by atoms with Gasteiger partial charge < -0.3 is 29.2 Å². The zero-order chi connectivity index (χ0) is 33.4. The predicted octanol–water partition coefficient (Wildman–Crippen LogP) is 4.09. The fourth-order valence-electron chi connectivity index (χ4n) is 7.89. The molecule has 9 atom stereocenters. The number of ether oxygens (including phenoxy) is 4. The number of aliphatic hydroxyl groups is 2. The van der Waals surface area contributed by atoms with Gasteiger partial charge >= 0.3 is 23.9 Å². The molecule has 0 aromatic heterocycles. The Morgan fingerprint density at radius 1 is 0.889 bits per heavy atom. The first-order valence-electron chi connectivity index (χ1n) is 15.2. The first-order valence-corrected chi connectivity index (χ1v) is 15.2. The van der Waals surface area contributed by atoms with Crippen LogP contribution in [0.15, 0.2) is 59.7 Å². The molecule has 0 amide bonds. The summed E-state index contributed by atoms with van der Waals surface area (Å²) in [5.41, 5.74) is -0.0895. The number of carbonyl (C=O) groups excluding carboxylic acids is 4. The maximum Gasteiger partial charge on any atom is 0.331 e. The number of esters is 4. The molecule has 0 radical (unpaired) electrons. The van der Waals surface area contributed by atoms with Gasteiger partial charge in [-0.1, -0.05) is 57.7 Å². The number of hydrogen-bond donors (Lipinski definition) is 2. The molecular weight excluding hydrogens is 580 g/mol. The van der Waals surface area contributed by atoms with Gasteiger partial charge in [0.25, 0.3) is 0 Å². The second-order valence-corrected chi connectivity index (χ2v) is 13.1. The van der Waals surface area contributed by atoms with Crippen LogP contribution in [0.4, 0.5) is 0 Å². The first kappa shape index (κ1) is 34.1. The van der Waals surface area contributed by atoms with Crippen molar-refractivity contribution in [3.63, 3.8) is 0 Å². The van der Waals surface area contributed by atoms with E-state index < -0.39 is 83.2 Å². The van der Waals surface area contributed by atoms with Crippen molar-refractivity contribution in [1.29, 1.82) is 0 Å². The SMILES string of the molecule is C=C1[C@@H](OC(=O)/C=C/c2ccccc2)C[C@H](OC(C)=O)[C@@]2(C)[C@@H](OC(C)=O)[C@H](OC(C)=O)C3=C(C)[C@@H](O)C[C@@H]([C@@H](O)[C@H]12)C3(C)C. The van der Waals surface area contributed by atoms with Gasteiger partial charge in [-0.15, -0.1) is 0 Å². The van der Waals surface area contributed by atoms with Crippen LogP contribution in [0.1, 0.15) is 66.9 Å². The number of carbonyl (C=O) groups is 4. The molecule has 2 N–H and O–H groups in total. The average molecular weight is 625 g/mol. The van der Waals surface area contributed by atoms with E-state index in [0.29, 0.717) is 16.7 Å². The van der Waals surface area contributed by atoms with Crippen molar-refractivity contribution in [3.8, 4) is 0 Å². The van der Waals surface area contributed by atoms with Gasteiger partial charge in [-0.05, 0) is 53.0 Å². The molecule has 0 unspecified atom stereocenters. The topological polar surface area (TPSA) is 146 Å². The number of rotatable bonds is 6. The van der Waals surface area contributed by atoms with E-state index in [4.69, 9.17) is 18.9 Å². The van der Waals surface area contributed by atoms with Crippen LogP contribution in [-0.4, -0.2) is 70.7 Å². The number of hydrogen-bond acceptors (Lipinski definition) is 10. The van der Waals surface area contributed by atoms with Gasteiger partial charge in [0.1, 0.15) is 12.2 Å². The molecule has 2 saturated carbocycles. The Labute approximate surface area is 264 Å². The molecule has 10 nitrogen and oxygen atoms in total. The highest BCUT2D eigenvalue weighted by Crippen LogP contribution is 2.60. The minimum Gasteiger partial charge on any atom is -0.462 e. The van der Waals surface area contributed by atoms with Crippen LogP contribution in [0.5, 0.6) is 0 Å². The van der Waals surface area contributed by atoms with E-state index in [1.165, 1.54) is 26.8 Å². The second-order valence-electron chi connectivity index (χ2n) is 13.1. The number of benzene rings is 1. The first-order chi connectivity index (χ1) is 21.0. The normalized spacial score (nSPS) is 34.2. The molecule has 2 fully saturated rings. The Morgan fingerprint density at radius 2 is 1.49 bits per heavy atom. The highest BCUT2D eigenvalue weighted by atomic mass is 16.6. The molecule has 2 bridgehead atoms. The van der Waals surface area contributed by atoms with E-state index in [2.05, 4.69) is 6.58 Å². The summed E-state index contributed by atoms with van der Waals surface area (Å²) in [4.78, 5) is 51.0. The van der Waals surface area contributed by atoms with Crippen LogP contribution >= 0.6 is 0 Å². The van der Waals surface area contributed by atoms with Crippen molar-refractivity contribution in [1.82, 2.24) is 0 Å². The maximum absolute atomic E-state index is 13.1. The van der Waals surface area contributed by atoms with E-state index in [1.54, 1.807) is 19.9 Å². The van der Waals surface area contributed by atoms with Crippen LogP contribution in [0.2, 0.25) is 0 Å². The minimum absolute atomic E-state index is 0.0533. The van der Waals surface area contributed by atoms with E-state index in [9.17, 15) is 29.4 Å². The fraction of sp³-hybridized carbons (Fsp3) is 0.543. The molecule has 1 aromatic carbocycles. The highest BCUT2D eigenvalue weighted by Gasteiger charge is 2.67. The zero-order valence-electron chi connectivity index (χ0n) is 26.9. The van der Waals surface area contributed by atoms with E-state index in [0.717, 1.165) is 5.56 Å². The van der Waals surface area contributed by atoms with Crippen LogP contribution in [0.25, 0.3) is 6.08 Å². The lowest BCUT2D eigenvalue weighted by atomic mass is 9.48. The lowest BCUT2D eigenvalue weighted by Gasteiger charge is -2.61. The van der Waals surface area contributed by atoms with E-state index in [1.807, 2.05) is 44.2 Å². The summed E-state index contributed by atoms with van der Waals surface area (Å²) in [6.07, 6.45) is -3.75. The summed E-state index contributed by atoms with van der Waals surface area (Å²) < 4.78 is 23.7. The largest absolute Gasteiger partial charge is 0.462 e. The van der Waals surface area contributed by atoms with Gasteiger partial charge in [0, 0.05) is 39.2 Å². The van der Waals surface area contributed by atoms with Gasteiger partial charge in [-0.3, -0.25) is 14.4 Å². The Morgan fingerprint density at radius 3 is 2.07 bits per heavy atom. The van der Waals surface area contributed by atoms with Crippen LogP contribution in [0, 0.1) is 22.7 Å². The van der Waals surface area contributed by atoms with Crippen molar-refractivity contribution in [2.24, 2.45) is 22.7 Å².